The third kappa shape index (κ3) is 9.67. The molecule has 0 saturated heterocycles. The minimum absolute atomic E-state index is 0.0217. The summed E-state index contributed by atoms with van der Waals surface area (Å²) < 4.78 is 10.7. The molecule has 8 nitrogen and oxygen atoms in total. The van der Waals surface area contributed by atoms with Crippen molar-refractivity contribution in [3.63, 3.8) is 0 Å². The first-order valence-electron chi connectivity index (χ1n) is 14.9. The van der Waals surface area contributed by atoms with Gasteiger partial charge in [-0.1, -0.05) is 77.8 Å². The molecule has 0 spiro atoms. The van der Waals surface area contributed by atoms with Crippen molar-refractivity contribution in [3.8, 4) is 11.5 Å². The quantitative estimate of drug-likeness (QED) is 0.0882. The fourth-order valence-electron chi connectivity index (χ4n) is 4.66. The Balaban J connectivity index is 1.34. The molecule has 0 fully saturated rings. The minimum atomic E-state index is -0.606. The van der Waals surface area contributed by atoms with Gasteiger partial charge in [0, 0.05) is 50.1 Å². The number of hydrogen-bond acceptors (Lipinski definition) is 6. The molecule has 3 amide bonds. The van der Waals surface area contributed by atoms with Crippen molar-refractivity contribution in [2.45, 2.75) is 10.1 Å². The lowest BCUT2D eigenvalue weighted by Gasteiger charge is -2.18. The van der Waals surface area contributed by atoms with Gasteiger partial charge in [-0.15, -0.1) is 11.8 Å². The van der Waals surface area contributed by atoms with Crippen LogP contribution < -0.4 is 25.4 Å². The summed E-state index contributed by atoms with van der Waals surface area (Å²) in [5.74, 6) is -0.175. The lowest BCUT2D eigenvalue weighted by atomic mass is 10.1. The van der Waals surface area contributed by atoms with Gasteiger partial charge in [0.15, 0.2) is 0 Å². The molecule has 0 aromatic heterocycles. The van der Waals surface area contributed by atoms with Crippen molar-refractivity contribution in [3.05, 3.63) is 154 Å². The van der Waals surface area contributed by atoms with Gasteiger partial charge in [-0.3, -0.25) is 14.4 Å². The molecule has 1 atom stereocenters. The molecule has 0 aliphatic carbocycles. The molecular formula is C38H31Cl2N3O5S. The van der Waals surface area contributed by atoms with Crippen LogP contribution in [0.4, 0.5) is 11.4 Å². The number of halogens is 2. The smallest absolute Gasteiger partial charge is 0.272 e. The van der Waals surface area contributed by atoms with E-state index in [-0.39, 0.29) is 11.6 Å². The molecule has 0 saturated carbocycles. The van der Waals surface area contributed by atoms with Crippen LogP contribution in [0, 0.1) is 0 Å². The Labute approximate surface area is 298 Å². The van der Waals surface area contributed by atoms with E-state index in [9.17, 15) is 14.4 Å². The maximum atomic E-state index is 13.7. The molecule has 0 radical (unpaired) electrons. The number of benzene rings is 5. The van der Waals surface area contributed by atoms with Crippen molar-refractivity contribution < 1.29 is 23.9 Å². The molecular weight excluding hydrogens is 681 g/mol. The van der Waals surface area contributed by atoms with E-state index in [0.717, 1.165) is 10.5 Å². The summed E-state index contributed by atoms with van der Waals surface area (Å²) in [4.78, 5) is 41.0. The van der Waals surface area contributed by atoms with Gasteiger partial charge in [0.2, 0.25) is 5.91 Å². The Kier molecular flexibility index (Phi) is 12.0. The third-order valence-electron chi connectivity index (χ3n) is 7.12. The standard InChI is InChI=1S/C38H31Cl2N3O5S/c1-47-30-21-29(22-31(23-30)48-2)42-38(46)35(24-9-5-3-6-10-24)49-32-17-15-28(16-18-32)41-37(45)34(19-26-13-14-27(39)20-33(26)40)43-36(44)25-11-7-4-8-12-25/h3-23,35H,1-2H3,(H,41,45)(H,42,46)(H,43,44)/b34-19-. The second-order valence-corrected chi connectivity index (χ2v) is 12.5. The summed E-state index contributed by atoms with van der Waals surface area (Å²) in [6, 6.07) is 35.0. The summed E-state index contributed by atoms with van der Waals surface area (Å²) in [5.41, 5.74) is 2.67. The molecule has 1 unspecified atom stereocenters. The number of thioether (sulfide) groups is 1. The summed E-state index contributed by atoms with van der Waals surface area (Å²) in [6.45, 7) is 0. The maximum absolute atomic E-state index is 13.7. The van der Waals surface area contributed by atoms with E-state index in [2.05, 4.69) is 16.0 Å². The second-order valence-electron chi connectivity index (χ2n) is 10.5. The Bertz CT molecular complexity index is 1950. The van der Waals surface area contributed by atoms with Gasteiger partial charge in [-0.05, 0) is 65.7 Å². The van der Waals surface area contributed by atoms with Crippen LogP contribution in [0.25, 0.3) is 6.08 Å². The molecule has 0 bridgehead atoms. The van der Waals surface area contributed by atoms with Crippen molar-refractivity contribution in [2.24, 2.45) is 0 Å². The average molecular weight is 713 g/mol. The largest absolute Gasteiger partial charge is 0.497 e. The number of carbonyl (C=O) groups is 3. The van der Waals surface area contributed by atoms with E-state index >= 15 is 0 Å². The Morgan fingerprint density at radius 3 is 1.96 bits per heavy atom. The number of anilines is 2. The predicted molar refractivity (Wildman–Crippen MR) is 197 cm³/mol. The minimum Gasteiger partial charge on any atom is -0.497 e. The Morgan fingerprint density at radius 1 is 0.714 bits per heavy atom. The molecule has 5 rings (SSSR count). The molecule has 49 heavy (non-hydrogen) atoms. The van der Waals surface area contributed by atoms with Gasteiger partial charge in [0.25, 0.3) is 11.8 Å². The van der Waals surface area contributed by atoms with Crippen molar-refractivity contribution >= 4 is 70.1 Å². The van der Waals surface area contributed by atoms with Crippen molar-refractivity contribution in [1.82, 2.24) is 5.32 Å². The van der Waals surface area contributed by atoms with E-state index in [1.54, 1.807) is 105 Å². The predicted octanol–water partition coefficient (Wildman–Crippen LogP) is 8.89. The normalized spacial score (nSPS) is 11.6. The van der Waals surface area contributed by atoms with Gasteiger partial charge in [-0.2, -0.15) is 0 Å². The van der Waals surface area contributed by atoms with Crippen LogP contribution in [0.1, 0.15) is 26.7 Å². The van der Waals surface area contributed by atoms with Gasteiger partial charge in [0.1, 0.15) is 22.4 Å². The molecule has 0 aliphatic rings. The highest BCUT2D eigenvalue weighted by Crippen LogP contribution is 2.37. The van der Waals surface area contributed by atoms with Crippen LogP contribution in [0.5, 0.6) is 11.5 Å². The van der Waals surface area contributed by atoms with Gasteiger partial charge < -0.3 is 25.4 Å². The molecule has 11 heteroatoms. The maximum Gasteiger partial charge on any atom is 0.272 e. The molecule has 0 aliphatic heterocycles. The van der Waals surface area contributed by atoms with Gasteiger partial charge >= 0.3 is 0 Å². The zero-order valence-electron chi connectivity index (χ0n) is 26.4. The first-order valence-corrected chi connectivity index (χ1v) is 16.6. The fourth-order valence-corrected chi connectivity index (χ4v) is 6.14. The highest BCUT2D eigenvalue weighted by molar-refractivity contribution is 8.00. The first kappa shape index (κ1) is 35.1. The number of ether oxygens (including phenoxy) is 2. The van der Waals surface area contributed by atoms with Crippen molar-refractivity contribution in [2.75, 3.05) is 24.9 Å². The number of nitrogens with one attached hydrogen (secondary N) is 3. The summed E-state index contributed by atoms with van der Waals surface area (Å²) in [7, 11) is 3.09. The molecule has 0 heterocycles. The van der Waals surface area contributed by atoms with E-state index in [4.69, 9.17) is 32.7 Å². The Hall–Kier alpha value is -5.22. The third-order valence-corrected chi connectivity index (χ3v) is 8.95. The van der Waals surface area contributed by atoms with E-state index in [1.807, 2.05) is 30.3 Å². The lowest BCUT2D eigenvalue weighted by Crippen LogP contribution is -2.30. The SMILES string of the molecule is COc1cc(NC(=O)C(Sc2ccc(NC(=O)/C(=C/c3ccc(Cl)cc3Cl)NC(=O)c3ccccc3)cc2)c2ccccc2)cc(OC)c1. The van der Waals surface area contributed by atoms with Gasteiger partial charge in [0.05, 0.1) is 14.2 Å². The molecule has 5 aromatic carbocycles. The van der Waals surface area contributed by atoms with Crippen LogP contribution in [-0.2, 0) is 9.59 Å². The van der Waals surface area contributed by atoms with Crippen LogP contribution >= 0.6 is 35.0 Å². The average Bonchev–Trinajstić information content (AvgIpc) is 3.12. The molecule has 5 aromatic rings. The van der Waals surface area contributed by atoms with Crippen LogP contribution in [0.3, 0.4) is 0 Å². The fraction of sp³-hybridized carbons (Fsp3) is 0.0789. The topological polar surface area (TPSA) is 106 Å². The number of hydrogen-bond donors (Lipinski definition) is 3. The van der Waals surface area contributed by atoms with Crippen LogP contribution in [0.2, 0.25) is 10.0 Å². The summed E-state index contributed by atoms with van der Waals surface area (Å²) in [6.07, 6.45) is 1.49. The highest BCUT2D eigenvalue weighted by Gasteiger charge is 2.23. The van der Waals surface area contributed by atoms with E-state index in [1.165, 1.54) is 17.8 Å². The zero-order chi connectivity index (χ0) is 34.8. The monoisotopic (exact) mass is 711 g/mol. The van der Waals surface area contributed by atoms with E-state index in [0.29, 0.717) is 44.0 Å². The Morgan fingerprint density at radius 2 is 1.35 bits per heavy atom. The summed E-state index contributed by atoms with van der Waals surface area (Å²) in [5, 5.41) is 8.66. The first-order chi connectivity index (χ1) is 23.7. The summed E-state index contributed by atoms with van der Waals surface area (Å²) >= 11 is 13.8. The highest BCUT2D eigenvalue weighted by atomic mass is 35.5. The van der Waals surface area contributed by atoms with Crippen LogP contribution in [0.15, 0.2) is 132 Å². The molecule has 248 valence electrons. The number of methoxy groups -OCH3 is 2. The lowest BCUT2D eigenvalue weighted by molar-refractivity contribution is -0.116. The number of carbonyl (C=O) groups excluding carboxylic acids is 3. The number of rotatable bonds is 12. The zero-order valence-corrected chi connectivity index (χ0v) is 28.7. The van der Waals surface area contributed by atoms with E-state index < -0.39 is 17.1 Å². The number of amides is 3. The van der Waals surface area contributed by atoms with Crippen molar-refractivity contribution in [1.29, 1.82) is 0 Å². The second kappa shape index (κ2) is 16.7. The van der Waals surface area contributed by atoms with Crippen LogP contribution in [-0.4, -0.2) is 31.9 Å². The molecule has 3 N–H and O–H groups in total. The van der Waals surface area contributed by atoms with Gasteiger partial charge in [-0.25, -0.2) is 0 Å².